The monoisotopic (exact) mass is 380 g/mol. The van der Waals surface area contributed by atoms with E-state index in [9.17, 15) is 17.6 Å². The van der Waals surface area contributed by atoms with Gasteiger partial charge < -0.3 is 5.32 Å². The van der Waals surface area contributed by atoms with Crippen LogP contribution in [0.15, 0.2) is 21.5 Å². The molecule has 5 nitrogen and oxygen atoms in total. The molecule has 0 fully saturated rings. The average Bonchev–Trinajstić information content (AvgIpc) is 2.40. The van der Waals surface area contributed by atoms with E-state index in [1.165, 1.54) is 6.07 Å². The van der Waals surface area contributed by atoms with Crippen molar-refractivity contribution in [2.75, 3.05) is 6.54 Å². The first-order chi connectivity index (χ1) is 9.70. The van der Waals surface area contributed by atoms with E-state index >= 15 is 0 Å². The Labute approximate surface area is 132 Å². The number of rotatable bonds is 6. The molecule has 0 heterocycles. The topological polar surface area (TPSA) is 89.3 Å². The van der Waals surface area contributed by atoms with Gasteiger partial charge in [0, 0.05) is 11.0 Å². The van der Waals surface area contributed by atoms with E-state index in [1.807, 2.05) is 13.8 Å². The van der Waals surface area contributed by atoms with Gasteiger partial charge in [0.1, 0.15) is 4.90 Å². The lowest BCUT2D eigenvalue weighted by molar-refractivity contribution is 0.0941. The lowest BCUT2D eigenvalue weighted by atomic mass is 10.0. The van der Waals surface area contributed by atoms with Crippen LogP contribution in [-0.4, -0.2) is 20.9 Å². The van der Waals surface area contributed by atoms with E-state index in [1.54, 1.807) is 0 Å². The summed E-state index contributed by atoms with van der Waals surface area (Å²) in [6.07, 6.45) is 1.78. The zero-order valence-electron chi connectivity index (χ0n) is 11.8. The summed E-state index contributed by atoms with van der Waals surface area (Å²) < 4.78 is 37.1. The van der Waals surface area contributed by atoms with Gasteiger partial charge in [0.25, 0.3) is 5.91 Å². The third-order valence-corrected chi connectivity index (χ3v) is 4.63. The van der Waals surface area contributed by atoms with Gasteiger partial charge in [-0.3, -0.25) is 4.79 Å². The van der Waals surface area contributed by atoms with Gasteiger partial charge in [-0.1, -0.05) is 42.6 Å². The largest absolute Gasteiger partial charge is 0.352 e. The Morgan fingerprint density at radius 3 is 2.43 bits per heavy atom. The van der Waals surface area contributed by atoms with Crippen LogP contribution in [0.4, 0.5) is 4.39 Å². The zero-order chi connectivity index (χ0) is 16.2. The maximum Gasteiger partial charge on any atom is 0.254 e. The van der Waals surface area contributed by atoms with Crippen LogP contribution in [0.2, 0.25) is 0 Å². The first kappa shape index (κ1) is 18.1. The summed E-state index contributed by atoms with van der Waals surface area (Å²) in [5, 5.41) is 7.55. The van der Waals surface area contributed by atoms with Crippen molar-refractivity contribution in [1.82, 2.24) is 5.32 Å². The van der Waals surface area contributed by atoms with E-state index in [4.69, 9.17) is 5.14 Å². The molecule has 1 aromatic rings. The maximum absolute atomic E-state index is 14.1. The lowest BCUT2D eigenvalue weighted by Crippen LogP contribution is -2.30. The summed E-state index contributed by atoms with van der Waals surface area (Å²) in [6.45, 7) is 4.40. The van der Waals surface area contributed by atoms with Gasteiger partial charge in [0.05, 0.1) is 5.56 Å². The second kappa shape index (κ2) is 7.33. The van der Waals surface area contributed by atoms with Crippen molar-refractivity contribution in [3.05, 3.63) is 28.0 Å². The molecule has 118 valence electrons. The molecule has 0 saturated carbocycles. The fraction of sp³-hybridized carbons (Fsp3) is 0.462. The quantitative estimate of drug-likeness (QED) is 0.793. The van der Waals surface area contributed by atoms with Crippen LogP contribution in [0.5, 0.6) is 0 Å². The Balaban J connectivity index is 3.08. The third kappa shape index (κ3) is 4.76. The fourth-order valence-corrected chi connectivity index (χ4v) is 3.11. The van der Waals surface area contributed by atoms with Crippen molar-refractivity contribution in [2.45, 2.75) is 31.6 Å². The second-order valence-corrected chi connectivity index (χ2v) is 7.15. The first-order valence-electron chi connectivity index (χ1n) is 6.50. The van der Waals surface area contributed by atoms with Gasteiger partial charge in [-0.2, -0.15) is 0 Å². The molecule has 0 bridgehead atoms. The standard InChI is InChI=1S/C13H18BrFN2O3S/c1-3-8(4-2)7-17-13(18)10-5-9(14)6-11(12(10)15)21(16,19)20/h5-6,8H,3-4,7H2,1-2H3,(H,17,18)(H2,16,19,20). The van der Waals surface area contributed by atoms with Crippen LogP contribution in [-0.2, 0) is 10.0 Å². The number of carbonyl (C=O) groups excluding carboxylic acids is 1. The van der Waals surface area contributed by atoms with Crippen LogP contribution in [0.3, 0.4) is 0 Å². The van der Waals surface area contributed by atoms with Crippen LogP contribution < -0.4 is 10.5 Å². The molecule has 0 aliphatic carbocycles. The highest BCUT2D eigenvalue weighted by molar-refractivity contribution is 9.10. The van der Waals surface area contributed by atoms with Gasteiger partial charge >= 0.3 is 0 Å². The number of hydrogen-bond acceptors (Lipinski definition) is 3. The van der Waals surface area contributed by atoms with Crippen molar-refractivity contribution in [3.63, 3.8) is 0 Å². The van der Waals surface area contributed by atoms with Crippen molar-refractivity contribution >= 4 is 31.9 Å². The maximum atomic E-state index is 14.1. The van der Waals surface area contributed by atoms with E-state index in [0.717, 1.165) is 18.9 Å². The number of halogens is 2. The predicted molar refractivity (Wildman–Crippen MR) is 81.9 cm³/mol. The van der Waals surface area contributed by atoms with Gasteiger partial charge in [0.15, 0.2) is 5.82 Å². The Morgan fingerprint density at radius 1 is 1.38 bits per heavy atom. The molecular formula is C13H18BrFN2O3S. The molecule has 0 spiro atoms. The number of carbonyl (C=O) groups is 1. The molecule has 1 aromatic carbocycles. The predicted octanol–water partition coefficient (Wildman–Crippen LogP) is 2.40. The number of sulfonamides is 1. The minimum atomic E-state index is -4.24. The number of amides is 1. The Kier molecular flexibility index (Phi) is 6.30. The van der Waals surface area contributed by atoms with Crippen LogP contribution >= 0.6 is 15.9 Å². The SMILES string of the molecule is CCC(CC)CNC(=O)c1cc(Br)cc(S(N)(=O)=O)c1F. The summed E-state index contributed by atoms with van der Waals surface area (Å²) in [5.41, 5.74) is -0.348. The molecular weight excluding hydrogens is 363 g/mol. The van der Waals surface area contributed by atoms with Crippen LogP contribution in [0.25, 0.3) is 0 Å². The minimum absolute atomic E-state index is 0.264. The fourth-order valence-electron chi connectivity index (χ4n) is 1.85. The normalized spacial score (nSPS) is 11.7. The Morgan fingerprint density at radius 2 is 1.95 bits per heavy atom. The molecule has 0 aromatic heterocycles. The van der Waals surface area contributed by atoms with E-state index in [0.29, 0.717) is 12.5 Å². The van der Waals surface area contributed by atoms with Crippen molar-refractivity contribution < 1.29 is 17.6 Å². The molecule has 0 aliphatic heterocycles. The molecule has 8 heteroatoms. The number of primary sulfonamides is 1. The van der Waals surface area contributed by atoms with E-state index in [2.05, 4.69) is 21.2 Å². The molecule has 21 heavy (non-hydrogen) atoms. The summed E-state index contributed by atoms with van der Waals surface area (Å²) in [4.78, 5) is 11.3. The molecule has 0 radical (unpaired) electrons. The second-order valence-electron chi connectivity index (χ2n) is 4.70. The van der Waals surface area contributed by atoms with Crippen LogP contribution in [0.1, 0.15) is 37.0 Å². The van der Waals surface area contributed by atoms with Crippen molar-refractivity contribution in [2.24, 2.45) is 11.1 Å². The molecule has 1 amide bonds. The van der Waals surface area contributed by atoms with Gasteiger partial charge in [-0.15, -0.1) is 0 Å². The smallest absolute Gasteiger partial charge is 0.254 e. The first-order valence-corrected chi connectivity index (χ1v) is 8.84. The number of hydrogen-bond donors (Lipinski definition) is 2. The third-order valence-electron chi connectivity index (χ3n) is 3.26. The highest BCUT2D eigenvalue weighted by atomic mass is 79.9. The molecule has 0 aliphatic rings. The van der Waals surface area contributed by atoms with E-state index in [-0.39, 0.29) is 10.0 Å². The number of nitrogens with two attached hydrogens (primary N) is 1. The highest BCUT2D eigenvalue weighted by Gasteiger charge is 2.22. The van der Waals surface area contributed by atoms with Crippen LogP contribution in [0, 0.1) is 11.7 Å². The molecule has 3 N–H and O–H groups in total. The molecule has 1 rings (SSSR count). The van der Waals surface area contributed by atoms with Gasteiger partial charge in [-0.25, -0.2) is 17.9 Å². The van der Waals surface area contributed by atoms with Crippen molar-refractivity contribution in [1.29, 1.82) is 0 Å². The van der Waals surface area contributed by atoms with E-state index < -0.39 is 26.6 Å². The summed E-state index contributed by atoms with van der Waals surface area (Å²) in [7, 11) is -4.24. The summed E-state index contributed by atoms with van der Waals surface area (Å²) in [6, 6.07) is 2.26. The van der Waals surface area contributed by atoms with Crippen molar-refractivity contribution in [3.8, 4) is 0 Å². The zero-order valence-corrected chi connectivity index (χ0v) is 14.2. The number of nitrogens with one attached hydrogen (secondary N) is 1. The molecule has 0 unspecified atom stereocenters. The molecule has 0 atom stereocenters. The Bertz CT molecular complexity index is 631. The summed E-state index contributed by atoms with van der Waals surface area (Å²) >= 11 is 3.05. The molecule has 0 saturated heterocycles. The van der Waals surface area contributed by atoms with Gasteiger partial charge in [-0.05, 0) is 18.1 Å². The summed E-state index contributed by atoms with van der Waals surface area (Å²) in [5.74, 6) is -1.50. The minimum Gasteiger partial charge on any atom is -0.352 e. The lowest BCUT2D eigenvalue weighted by Gasteiger charge is -2.14. The van der Waals surface area contributed by atoms with Gasteiger partial charge in [0.2, 0.25) is 10.0 Å². The average molecular weight is 381 g/mol. The number of benzene rings is 1. The Hall–Kier alpha value is -0.990. The highest BCUT2D eigenvalue weighted by Crippen LogP contribution is 2.23.